The minimum Gasteiger partial charge on any atom is -0.443 e. The van der Waals surface area contributed by atoms with Gasteiger partial charge in [-0.1, -0.05) is 0 Å². The van der Waals surface area contributed by atoms with Crippen molar-refractivity contribution < 1.29 is 19.1 Å². The molecule has 30 heavy (non-hydrogen) atoms. The van der Waals surface area contributed by atoms with Crippen LogP contribution in [0.25, 0.3) is 0 Å². The number of aromatic amines is 1. The first-order valence-corrected chi connectivity index (χ1v) is 10.2. The van der Waals surface area contributed by atoms with Crippen LogP contribution in [-0.4, -0.2) is 50.7 Å². The highest BCUT2D eigenvalue weighted by Gasteiger charge is 2.42. The van der Waals surface area contributed by atoms with Gasteiger partial charge in [-0.3, -0.25) is 14.6 Å². The van der Waals surface area contributed by atoms with Crippen LogP contribution < -0.4 is 10.6 Å². The van der Waals surface area contributed by atoms with E-state index < -0.39 is 0 Å². The van der Waals surface area contributed by atoms with E-state index in [4.69, 9.17) is 9.47 Å². The molecule has 2 aromatic rings. The summed E-state index contributed by atoms with van der Waals surface area (Å²) < 4.78 is 12.0. The Kier molecular flexibility index (Phi) is 5.50. The molecule has 10 heteroatoms. The number of ether oxygens (including phenoxy) is 2. The van der Waals surface area contributed by atoms with Gasteiger partial charge in [-0.05, 0) is 45.1 Å². The number of rotatable bonds is 7. The normalized spacial score (nSPS) is 22.0. The molecule has 0 unspecified atom stereocenters. The third kappa shape index (κ3) is 4.64. The van der Waals surface area contributed by atoms with Crippen LogP contribution in [0.1, 0.15) is 66.8 Å². The van der Waals surface area contributed by atoms with Crippen molar-refractivity contribution in [1.82, 2.24) is 25.3 Å². The second-order valence-corrected chi connectivity index (χ2v) is 8.43. The summed E-state index contributed by atoms with van der Waals surface area (Å²) in [5.74, 6) is 0.421. The lowest BCUT2D eigenvalue weighted by Gasteiger charge is -2.16. The average Bonchev–Trinajstić information content (AvgIpc) is 3.09. The van der Waals surface area contributed by atoms with Gasteiger partial charge in [-0.15, -0.1) is 0 Å². The Balaban J connectivity index is 1.31. The Labute approximate surface area is 174 Å². The molecule has 3 N–H and O–H groups in total. The number of aromatic nitrogens is 4. The molecule has 0 spiro atoms. The van der Waals surface area contributed by atoms with Crippen molar-refractivity contribution in [2.75, 3.05) is 12.4 Å². The van der Waals surface area contributed by atoms with Crippen LogP contribution in [0.2, 0.25) is 0 Å². The highest BCUT2D eigenvalue weighted by Crippen LogP contribution is 2.39. The van der Waals surface area contributed by atoms with Crippen LogP contribution in [0.5, 0.6) is 0 Å². The number of aryl methyl sites for hydroxylation is 1. The fraction of sp³-hybridized carbons (Fsp3) is 0.600. The molecule has 0 radical (unpaired) electrons. The number of alkyl carbamates (subject to hydrolysis) is 1. The third-order valence-electron chi connectivity index (χ3n) is 5.78. The SMILES string of the molecule is COCc1cc(C(=O)Nc2cc([C@H]3CC[C@@H](NC(=O)OC4(C)CC4)C3)[nH]n2)n(C)n1. The van der Waals surface area contributed by atoms with E-state index in [9.17, 15) is 9.59 Å². The Morgan fingerprint density at radius 3 is 2.87 bits per heavy atom. The van der Waals surface area contributed by atoms with Crippen molar-refractivity contribution in [3.63, 3.8) is 0 Å². The molecule has 2 heterocycles. The van der Waals surface area contributed by atoms with Crippen molar-refractivity contribution in [2.24, 2.45) is 7.05 Å². The molecule has 2 aliphatic carbocycles. The lowest BCUT2D eigenvalue weighted by molar-refractivity contribution is 0.0904. The molecule has 4 rings (SSSR count). The van der Waals surface area contributed by atoms with Gasteiger partial charge in [0, 0.05) is 37.9 Å². The zero-order valence-corrected chi connectivity index (χ0v) is 17.5. The average molecular weight is 416 g/mol. The summed E-state index contributed by atoms with van der Waals surface area (Å²) in [5, 5.41) is 17.3. The molecule has 2 fully saturated rings. The minimum absolute atomic E-state index is 0.0832. The lowest BCUT2D eigenvalue weighted by atomic mass is 10.0. The van der Waals surface area contributed by atoms with Crippen molar-refractivity contribution >= 4 is 17.8 Å². The fourth-order valence-electron chi connectivity index (χ4n) is 3.84. The maximum absolute atomic E-state index is 12.5. The van der Waals surface area contributed by atoms with Crippen LogP contribution in [0.4, 0.5) is 10.6 Å². The number of hydrogen-bond acceptors (Lipinski definition) is 6. The monoisotopic (exact) mass is 416 g/mol. The van der Waals surface area contributed by atoms with E-state index in [2.05, 4.69) is 25.9 Å². The second-order valence-electron chi connectivity index (χ2n) is 8.43. The van der Waals surface area contributed by atoms with Gasteiger partial charge >= 0.3 is 6.09 Å². The highest BCUT2D eigenvalue weighted by molar-refractivity contribution is 6.02. The van der Waals surface area contributed by atoms with Gasteiger partial charge in [0.1, 0.15) is 11.3 Å². The first-order valence-electron chi connectivity index (χ1n) is 10.2. The van der Waals surface area contributed by atoms with E-state index in [0.29, 0.717) is 23.8 Å². The van der Waals surface area contributed by atoms with E-state index in [1.165, 1.54) is 4.68 Å². The van der Waals surface area contributed by atoms with Gasteiger partial charge in [-0.25, -0.2) is 4.79 Å². The van der Waals surface area contributed by atoms with E-state index in [1.807, 2.05) is 13.0 Å². The first-order chi connectivity index (χ1) is 14.3. The number of nitrogens with one attached hydrogen (secondary N) is 3. The van der Waals surface area contributed by atoms with E-state index in [0.717, 1.165) is 37.8 Å². The summed E-state index contributed by atoms with van der Waals surface area (Å²) in [6, 6.07) is 3.63. The zero-order chi connectivity index (χ0) is 21.3. The summed E-state index contributed by atoms with van der Waals surface area (Å²) in [6.07, 6.45) is 4.16. The number of nitrogens with zero attached hydrogens (tertiary/aromatic N) is 3. The zero-order valence-electron chi connectivity index (χ0n) is 17.5. The summed E-state index contributed by atoms with van der Waals surface area (Å²) in [5.41, 5.74) is 1.80. The van der Waals surface area contributed by atoms with Crippen LogP contribution >= 0.6 is 0 Å². The fourth-order valence-corrected chi connectivity index (χ4v) is 3.84. The number of anilines is 1. The topological polar surface area (TPSA) is 123 Å². The van der Waals surface area contributed by atoms with E-state index in [-0.39, 0.29) is 29.6 Å². The largest absolute Gasteiger partial charge is 0.443 e. The van der Waals surface area contributed by atoms with E-state index in [1.54, 1.807) is 20.2 Å². The van der Waals surface area contributed by atoms with Gasteiger partial charge < -0.3 is 20.1 Å². The maximum atomic E-state index is 12.5. The lowest BCUT2D eigenvalue weighted by Crippen LogP contribution is -2.35. The molecule has 0 bridgehead atoms. The Morgan fingerprint density at radius 1 is 1.33 bits per heavy atom. The van der Waals surface area contributed by atoms with E-state index >= 15 is 0 Å². The summed E-state index contributed by atoms with van der Waals surface area (Å²) >= 11 is 0. The van der Waals surface area contributed by atoms with Crippen molar-refractivity contribution in [1.29, 1.82) is 0 Å². The Morgan fingerprint density at radius 2 is 2.13 bits per heavy atom. The van der Waals surface area contributed by atoms with Crippen molar-refractivity contribution in [3.8, 4) is 0 Å². The Bertz CT molecular complexity index is 932. The molecular weight excluding hydrogens is 388 g/mol. The number of amides is 2. The van der Waals surface area contributed by atoms with Crippen molar-refractivity contribution in [3.05, 3.63) is 29.2 Å². The van der Waals surface area contributed by atoms with Crippen LogP contribution in [-0.2, 0) is 23.1 Å². The molecule has 0 aliphatic heterocycles. The van der Waals surface area contributed by atoms with Gasteiger partial charge in [0.15, 0.2) is 5.82 Å². The number of hydrogen-bond donors (Lipinski definition) is 3. The van der Waals surface area contributed by atoms with Crippen LogP contribution in [0, 0.1) is 0 Å². The third-order valence-corrected chi connectivity index (χ3v) is 5.78. The molecule has 10 nitrogen and oxygen atoms in total. The van der Waals surface area contributed by atoms with Gasteiger partial charge in [0.05, 0.1) is 12.3 Å². The first kappa shape index (κ1) is 20.4. The number of carbonyl (C=O) groups excluding carboxylic acids is 2. The molecule has 0 saturated heterocycles. The standard InChI is InChI=1S/C20H28N6O4/c1-20(6-7-20)30-19(28)21-13-5-4-12(8-13)15-10-17(24-23-15)22-18(27)16-9-14(11-29-3)25-26(16)2/h9-10,12-13H,4-8,11H2,1-3H3,(H,21,28)(H2,22,23,24,27)/t12-,13+/m0/s1. The second kappa shape index (κ2) is 8.10. The van der Waals surface area contributed by atoms with Gasteiger partial charge in [0.2, 0.25) is 0 Å². The summed E-state index contributed by atoms with van der Waals surface area (Å²) in [6.45, 7) is 2.30. The van der Waals surface area contributed by atoms with Crippen molar-refractivity contribution in [2.45, 2.75) is 63.2 Å². The maximum Gasteiger partial charge on any atom is 0.407 e. The quantitative estimate of drug-likeness (QED) is 0.637. The molecular formula is C20H28N6O4. The highest BCUT2D eigenvalue weighted by atomic mass is 16.6. The molecule has 2 atom stereocenters. The summed E-state index contributed by atoms with van der Waals surface area (Å²) in [4.78, 5) is 24.6. The smallest absolute Gasteiger partial charge is 0.407 e. The molecule has 162 valence electrons. The van der Waals surface area contributed by atoms with Crippen LogP contribution in [0.3, 0.4) is 0 Å². The molecule has 0 aromatic carbocycles. The Hall–Kier alpha value is -2.88. The predicted octanol–water partition coefficient (Wildman–Crippen LogP) is 2.46. The van der Waals surface area contributed by atoms with Crippen LogP contribution in [0.15, 0.2) is 12.1 Å². The molecule has 2 aromatic heterocycles. The van der Waals surface area contributed by atoms with Gasteiger partial charge in [0.25, 0.3) is 5.91 Å². The molecule has 2 aliphatic rings. The molecule has 2 saturated carbocycles. The number of H-pyrrole nitrogens is 1. The number of methoxy groups -OCH3 is 1. The summed E-state index contributed by atoms with van der Waals surface area (Å²) in [7, 11) is 3.30. The molecule has 2 amide bonds. The predicted molar refractivity (Wildman–Crippen MR) is 108 cm³/mol. The number of carbonyl (C=O) groups is 2. The minimum atomic E-state index is -0.331. The van der Waals surface area contributed by atoms with Gasteiger partial charge in [-0.2, -0.15) is 10.2 Å².